The summed E-state index contributed by atoms with van der Waals surface area (Å²) in [5, 5.41) is 6.37. The number of likely N-dealkylation sites (N-methyl/N-ethyl adjacent to an activating group) is 1. The Morgan fingerprint density at radius 1 is 1.10 bits per heavy atom. The van der Waals surface area contributed by atoms with Crippen molar-refractivity contribution in [2.75, 3.05) is 27.2 Å². The van der Waals surface area contributed by atoms with Gasteiger partial charge in [-0.3, -0.25) is 9.59 Å². The Kier molecular flexibility index (Phi) is 9.45. The molecule has 0 saturated heterocycles. The molecule has 0 fully saturated rings. The van der Waals surface area contributed by atoms with Crippen LogP contribution in [0.15, 0.2) is 67.0 Å². The Morgan fingerprint density at radius 2 is 1.85 bits per heavy atom. The van der Waals surface area contributed by atoms with Gasteiger partial charge in [0.25, 0.3) is 5.91 Å². The Hall–Kier alpha value is -3.88. The van der Waals surface area contributed by atoms with E-state index in [2.05, 4.69) is 10.6 Å². The number of aryl methyl sites for hydroxylation is 1. The molecule has 210 valence electrons. The number of aromatic nitrogens is 2. The predicted octanol–water partition coefficient (Wildman–Crippen LogP) is 4.77. The van der Waals surface area contributed by atoms with Crippen LogP contribution in [0.4, 0.5) is 0 Å². The number of ether oxygens (including phenoxy) is 1. The second-order valence-electron chi connectivity index (χ2n) is 10.5. The summed E-state index contributed by atoms with van der Waals surface area (Å²) in [7, 11) is 3.67. The number of hydrogen-bond donors (Lipinski definition) is 2. The van der Waals surface area contributed by atoms with E-state index in [1.165, 1.54) is 0 Å². The number of imidazole rings is 1. The van der Waals surface area contributed by atoms with Crippen molar-refractivity contribution in [2.45, 2.75) is 39.3 Å². The smallest absolute Gasteiger partial charge is 0.251 e. The van der Waals surface area contributed by atoms with Crippen molar-refractivity contribution >= 4 is 29.1 Å². The van der Waals surface area contributed by atoms with Gasteiger partial charge in [-0.15, -0.1) is 0 Å². The fourth-order valence-electron chi connectivity index (χ4n) is 4.40. The van der Waals surface area contributed by atoms with E-state index in [1.54, 1.807) is 23.1 Å². The molecule has 2 amide bonds. The summed E-state index contributed by atoms with van der Waals surface area (Å²) in [5.41, 5.74) is 5.39. The number of rotatable bonds is 11. The minimum atomic E-state index is -0.340. The Labute approximate surface area is 240 Å². The molecule has 9 heteroatoms. The number of fused-ring (bicyclic) bond motifs is 1. The van der Waals surface area contributed by atoms with Crippen LogP contribution in [0, 0.1) is 6.92 Å². The third kappa shape index (κ3) is 7.61. The van der Waals surface area contributed by atoms with Crippen LogP contribution in [0.1, 0.15) is 35.3 Å². The lowest BCUT2D eigenvalue weighted by molar-refractivity contribution is -0.121. The molecule has 0 bridgehead atoms. The third-order valence-corrected chi connectivity index (χ3v) is 6.60. The number of carbonyl (C=O) groups excluding carboxylic acids is 2. The maximum Gasteiger partial charge on any atom is 0.251 e. The van der Waals surface area contributed by atoms with E-state index in [-0.39, 0.29) is 37.0 Å². The molecule has 1 atom stereocenters. The highest BCUT2D eigenvalue weighted by atomic mass is 35.5. The van der Waals surface area contributed by atoms with Crippen molar-refractivity contribution in [3.05, 3.63) is 88.7 Å². The molecule has 0 radical (unpaired) electrons. The van der Waals surface area contributed by atoms with Gasteiger partial charge in [0.05, 0.1) is 29.4 Å². The zero-order chi connectivity index (χ0) is 28.8. The van der Waals surface area contributed by atoms with E-state index in [4.69, 9.17) is 21.3 Å². The quantitative estimate of drug-likeness (QED) is 0.275. The molecule has 1 unspecified atom stereocenters. The van der Waals surface area contributed by atoms with E-state index in [1.807, 2.05) is 88.1 Å². The highest BCUT2D eigenvalue weighted by Gasteiger charge is 2.18. The molecule has 2 aromatic carbocycles. The fourth-order valence-corrected chi connectivity index (χ4v) is 4.63. The maximum absolute atomic E-state index is 13.2. The molecular formula is C31H36ClN5O3. The van der Waals surface area contributed by atoms with Crippen LogP contribution in [-0.2, 0) is 11.2 Å². The van der Waals surface area contributed by atoms with E-state index in [0.29, 0.717) is 22.8 Å². The van der Waals surface area contributed by atoms with E-state index < -0.39 is 0 Å². The van der Waals surface area contributed by atoms with Gasteiger partial charge in [-0.1, -0.05) is 41.9 Å². The number of carbonyl (C=O) groups is 2. The van der Waals surface area contributed by atoms with Crippen molar-refractivity contribution in [1.29, 1.82) is 0 Å². The Morgan fingerprint density at radius 3 is 2.50 bits per heavy atom. The van der Waals surface area contributed by atoms with E-state index >= 15 is 0 Å². The largest absolute Gasteiger partial charge is 0.489 e. The van der Waals surface area contributed by atoms with Crippen LogP contribution in [0.25, 0.3) is 16.9 Å². The number of nitrogens with zero attached hydrogens (tertiary/aromatic N) is 3. The van der Waals surface area contributed by atoms with Crippen LogP contribution in [-0.4, -0.2) is 65.4 Å². The van der Waals surface area contributed by atoms with Crippen molar-refractivity contribution in [1.82, 2.24) is 24.9 Å². The highest BCUT2D eigenvalue weighted by molar-refractivity contribution is 6.32. The molecule has 4 aromatic rings. The predicted molar refractivity (Wildman–Crippen MR) is 159 cm³/mol. The average Bonchev–Trinajstić information content (AvgIpc) is 3.34. The topological polar surface area (TPSA) is 88.0 Å². The zero-order valence-electron chi connectivity index (χ0n) is 23.6. The maximum atomic E-state index is 13.2. The summed E-state index contributed by atoms with van der Waals surface area (Å²) in [4.78, 5) is 32.1. The second kappa shape index (κ2) is 13.0. The SMILES string of the molecule is Cc1cccn2cc(-c3ccc(CC(CNC(=O)CN(C)C)NC(=O)c4ccc(OC(C)C)c(Cl)c4)cc3)nc12. The van der Waals surface area contributed by atoms with Gasteiger partial charge in [-0.25, -0.2) is 4.98 Å². The Bertz CT molecular complexity index is 1480. The number of halogens is 1. The number of hydrogen-bond acceptors (Lipinski definition) is 5. The molecule has 0 spiro atoms. The summed E-state index contributed by atoms with van der Waals surface area (Å²) < 4.78 is 7.70. The summed E-state index contributed by atoms with van der Waals surface area (Å²) in [6, 6.07) is 16.8. The van der Waals surface area contributed by atoms with Gasteiger partial charge >= 0.3 is 0 Å². The molecule has 0 aliphatic carbocycles. The van der Waals surface area contributed by atoms with Gasteiger partial charge in [-0.05, 0) is 76.7 Å². The van der Waals surface area contributed by atoms with E-state index in [9.17, 15) is 9.59 Å². The van der Waals surface area contributed by atoms with Crippen molar-refractivity contribution in [3.63, 3.8) is 0 Å². The first kappa shape index (κ1) is 29.1. The number of amides is 2. The third-order valence-electron chi connectivity index (χ3n) is 6.31. The van der Waals surface area contributed by atoms with Crippen molar-refractivity contribution in [2.24, 2.45) is 0 Å². The molecule has 0 aliphatic rings. The lowest BCUT2D eigenvalue weighted by Gasteiger charge is -2.21. The molecule has 0 aliphatic heterocycles. The summed E-state index contributed by atoms with van der Waals surface area (Å²) in [5.74, 6) is 0.142. The fraction of sp³-hybridized carbons (Fsp3) is 0.323. The first-order valence-corrected chi connectivity index (χ1v) is 13.7. The molecule has 2 aromatic heterocycles. The van der Waals surface area contributed by atoms with Gasteiger partial charge in [0.1, 0.15) is 11.4 Å². The van der Waals surface area contributed by atoms with Gasteiger partial charge in [0.2, 0.25) is 5.91 Å². The van der Waals surface area contributed by atoms with Crippen LogP contribution in [0.2, 0.25) is 5.02 Å². The number of pyridine rings is 1. The Balaban J connectivity index is 1.49. The molecule has 0 saturated carbocycles. The lowest BCUT2D eigenvalue weighted by atomic mass is 10.0. The van der Waals surface area contributed by atoms with Gasteiger partial charge in [0, 0.05) is 30.1 Å². The van der Waals surface area contributed by atoms with Crippen molar-refractivity contribution in [3.8, 4) is 17.0 Å². The second-order valence-corrected chi connectivity index (χ2v) is 10.9. The van der Waals surface area contributed by atoms with E-state index in [0.717, 1.165) is 28.0 Å². The van der Waals surface area contributed by atoms with Gasteiger partial charge in [-0.2, -0.15) is 0 Å². The van der Waals surface area contributed by atoms with Crippen LogP contribution in [0.5, 0.6) is 5.75 Å². The molecule has 8 nitrogen and oxygen atoms in total. The van der Waals surface area contributed by atoms with Crippen LogP contribution in [0.3, 0.4) is 0 Å². The highest BCUT2D eigenvalue weighted by Crippen LogP contribution is 2.26. The molecule has 2 heterocycles. The standard InChI is InChI=1S/C31H36ClN5O3/c1-20(2)40-28-13-12-24(16-26(28)32)31(39)34-25(17-33-29(38)19-36(4)5)15-22-8-10-23(11-9-22)27-18-37-14-6-7-21(3)30(37)35-27/h6-14,16,18,20,25H,15,17,19H2,1-5H3,(H,33,38)(H,34,39). The molecular weight excluding hydrogens is 526 g/mol. The van der Waals surface area contributed by atoms with Crippen molar-refractivity contribution < 1.29 is 14.3 Å². The first-order valence-electron chi connectivity index (χ1n) is 13.3. The van der Waals surface area contributed by atoms with Gasteiger partial charge < -0.3 is 24.7 Å². The minimum absolute atomic E-state index is 0.0319. The summed E-state index contributed by atoms with van der Waals surface area (Å²) in [6.45, 7) is 6.42. The molecule has 2 N–H and O–H groups in total. The zero-order valence-corrected chi connectivity index (χ0v) is 24.3. The monoisotopic (exact) mass is 561 g/mol. The normalized spacial score (nSPS) is 12.1. The average molecular weight is 562 g/mol. The minimum Gasteiger partial charge on any atom is -0.489 e. The molecule has 40 heavy (non-hydrogen) atoms. The summed E-state index contributed by atoms with van der Waals surface area (Å²) >= 11 is 6.36. The number of nitrogens with one attached hydrogen (secondary N) is 2. The molecule has 4 rings (SSSR count). The first-order chi connectivity index (χ1) is 19.1. The lowest BCUT2D eigenvalue weighted by Crippen LogP contribution is -2.46. The summed E-state index contributed by atoms with van der Waals surface area (Å²) in [6.07, 6.45) is 4.50. The van der Waals surface area contributed by atoms with Gasteiger partial charge in [0.15, 0.2) is 0 Å². The van der Waals surface area contributed by atoms with Crippen LogP contribution < -0.4 is 15.4 Å². The van der Waals surface area contributed by atoms with Crippen LogP contribution >= 0.6 is 11.6 Å². The number of benzene rings is 2.